The Morgan fingerprint density at radius 3 is 2.79 bits per heavy atom. The summed E-state index contributed by atoms with van der Waals surface area (Å²) >= 11 is 0. The SMILES string of the molecule is Cc1c(Nc2c(C(=O)NOCC3CC3)ccc(F)c2F)cnc2ccccc12. The highest BCUT2D eigenvalue weighted by Gasteiger charge is 2.23. The lowest BCUT2D eigenvalue weighted by atomic mass is 10.1. The zero-order valence-electron chi connectivity index (χ0n) is 15.3. The number of para-hydroxylation sites is 1. The molecule has 1 saturated carbocycles. The molecule has 28 heavy (non-hydrogen) atoms. The Kier molecular flexibility index (Phi) is 4.92. The molecular formula is C21H19F2N3O2. The number of benzene rings is 2. The van der Waals surface area contributed by atoms with E-state index in [9.17, 15) is 13.6 Å². The summed E-state index contributed by atoms with van der Waals surface area (Å²) in [7, 11) is 0. The van der Waals surface area contributed by atoms with Gasteiger partial charge in [0.2, 0.25) is 0 Å². The Morgan fingerprint density at radius 2 is 2.00 bits per heavy atom. The quantitative estimate of drug-likeness (QED) is 0.609. The number of carbonyl (C=O) groups is 1. The number of hydroxylamine groups is 1. The smallest absolute Gasteiger partial charge is 0.277 e. The number of nitrogens with zero attached hydrogens (tertiary/aromatic N) is 1. The first-order valence-electron chi connectivity index (χ1n) is 9.06. The molecule has 1 aromatic heterocycles. The van der Waals surface area contributed by atoms with Crippen LogP contribution in [0.2, 0.25) is 0 Å². The Labute approximate surface area is 160 Å². The Hall–Kier alpha value is -3.06. The molecule has 7 heteroatoms. The van der Waals surface area contributed by atoms with Crippen molar-refractivity contribution in [3.8, 4) is 0 Å². The molecule has 1 aliphatic carbocycles. The molecule has 0 aliphatic heterocycles. The summed E-state index contributed by atoms with van der Waals surface area (Å²) in [4.78, 5) is 21.9. The molecule has 2 N–H and O–H groups in total. The van der Waals surface area contributed by atoms with E-state index in [1.807, 2.05) is 31.2 Å². The van der Waals surface area contributed by atoms with E-state index in [-0.39, 0.29) is 11.3 Å². The first-order chi connectivity index (χ1) is 13.5. The molecule has 0 atom stereocenters. The summed E-state index contributed by atoms with van der Waals surface area (Å²) in [6, 6.07) is 9.65. The average molecular weight is 383 g/mol. The van der Waals surface area contributed by atoms with Crippen LogP contribution in [0.15, 0.2) is 42.6 Å². The maximum atomic E-state index is 14.5. The van der Waals surface area contributed by atoms with Gasteiger partial charge in [-0.05, 0) is 49.4 Å². The monoisotopic (exact) mass is 383 g/mol. The molecule has 0 saturated heterocycles. The molecule has 1 amide bonds. The van der Waals surface area contributed by atoms with Gasteiger partial charge in [0, 0.05) is 5.39 Å². The largest absolute Gasteiger partial charge is 0.351 e. The van der Waals surface area contributed by atoms with E-state index in [1.165, 1.54) is 12.3 Å². The highest BCUT2D eigenvalue weighted by molar-refractivity contribution is 6.00. The number of pyridine rings is 1. The third-order valence-corrected chi connectivity index (χ3v) is 4.82. The van der Waals surface area contributed by atoms with E-state index in [2.05, 4.69) is 15.8 Å². The lowest BCUT2D eigenvalue weighted by molar-refractivity contribution is 0.0270. The van der Waals surface area contributed by atoms with Gasteiger partial charge in [0.05, 0.1) is 35.3 Å². The van der Waals surface area contributed by atoms with E-state index >= 15 is 0 Å². The summed E-state index contributed by atoms with van der Waals surface area (Å²) in [5, 5.41) is 3.72. The number of aromatic nitrogens is 1. The van der Waals surface area contributed by atoms with Gasteiger partial charge in [-0.3, -0.25) is 14.6 Å². The van der Waals surface area contributed by atoms with Gasteiger partial charge in [0.1, 0.15) is 0 Å². The second-order valence-corrected chi connectivity index (χ2v) is 6.91. The van der Waals surface area contributed by atoms with Crippen molar-refractivity contribution in [3.63, 3.8) is 0 Å². The van der Waals surface area contributed by atoms with Crippen LogP contribution in [0.25, 0.3) is 10.9 Å². The molecule has 3 aromatic rings. The molecular weight excluding hydrogens is 364 g/mol. The molecule has 5 nitrogen and oxygen atoms in total. The normalized spacial score (nSPS) is 13.5. The van der Waals surface area contributed by atoms with Crippen molar-refractivity contribution in [3.05, 3.63) is 65.4 Å². The van der Waals surface area contributed by atoms with Gasteiger partial charge in [0.25, 0.3) is 5.91 Å². The minimum atomic E-state index is -1.14. The van der Waals surface area contributed by atoms with Crippen molar-refractivity contribution in [2.75, 3.05) is 11.9 Å². The molecule has 1 fully saturated rings. The standard InChI is InChI=1S/C21H19F2N3O2/c1-12-14-4-2-3-5-17(14)24-10-18(12)25-20-15(8-9-16(22)19(20)23)21(27)26-28-11-13-6-7-13/h2-5,8-10,13,25H,6-7,11H2,1H3,(H,26,27). The third-order valence-electron chi connectivity index (χ3n) is 4.82. The van der Waals surface area contributed by atoms with Crippen LogP contribution in [-0.4, -0.2) is 17.5 Å². The first kappa shape index (κ1) is 18.3. The fraction of sp³-hybridized carbons (Fsp3) is 0.238. The number of amides is 1. The van der Waals surface area contributed by atoms with Crippen LogP contribution in [0.5, 0.6) is 0 Å². The number of aryl methyl sites for hydroxylation is 1. The first-order valence-corrected chi connectivity index (χ1v) is 9.06. The predicted molar refractivity (Wildman–Crippen MR) is 102 cm³/mol. The molecule has 0 spiro atoms. The lowest BCUT2D eigenvalue weighted by Gasteiger charge is -2.16. The summed E-state index contributed by atoms with van der Waals surface area (Å²) in [6.45, 7) is 2.26. The number of hydrogen-bond donors (Lipinski definition) is 2. The van der Waals surface area contributed by atoms with Crippen LogP contribution in [-0.2, 0) is 4.84 Å². The number of anilines is 2. The van der Waals surface area contributed by atoms with Crippen LogP contribution >= 0.6 is 0 Å². The number of hydrogen-bond acceptors (Lipinski definition) is 4. The van der Waals surface area contributed by atoms with Gasteiger partial charge in [-0.25, -0.2) is 14.3 Å². The third kappa shape index (κ3) is 3.66. The Morgan fingerprint density at radius 1 is 1.21 bits per heavy atom. The van der Waals surface area contributed by atoms with Crippen LogP contribution < -0.4 is 10.8 Å². The van der Waals surface area contributed by atoms with Crippen LogP contribution in [0.4, 0.5) is 20.2 Å². The van der Waals surface area contributed by atoms with Crippen molar-refractivity contribution < 1.29 is 18.4 Å². The number of rotatable bonds is 6. The van der Waals surface area contributed by atoms with Crippen molar-refractivity contribution in [1.82, 2.24) is 10.5 Å². The molecule has 1 heterocycles. The minimum Gasteiger partial charge on any atom is -0.351 e. The van der Waals surface area contributed by atoms with Crippen molar-refractivity contribution in [2.24, 2.45) is 5.92 Å². The fourth-order valence-electron chi connectivity index (χ4n) is 2.97. The second kappa shape index (κ2) is 7.52. The molecule has 1 aliphatic rings. The molecule has 0 unspecified atom stereocenters. The Bertz CT molecular complexity index is 1050. The van der Waals surface area contributed by atoms with E-state index in [0.717, 1.165) is 35.4 Å². The summed E-state index contributed by atoms with van der Waals surface area (Å²) in [5.74, 6) is -2.38. The van der Waals surface area contributed by atoms with Gasteiger partial charge < -0.3 is 5.32 Å². The number of fused-ring (bicyclic) bond motifs is 1. The van der Waals surface area contributed by atoms with Crippen LogP contribution in [0.1, 0.15) is 28.8 Å². The summed E-state index contributed by atoms with van der Waals surface area (Å²) in [6.07, 6.45) is 3.68. The molecule has 0 bridgehead atoms. The zero-order valence-corrected chi connectivity index (χ0v) is 15.3. The van der Waals surface area contributed by atoms with Gasteiger partial charge in [-0.2, -0.15) is 0 Å². The zero-order chi connectivity index (χ0) is 19.7. The Balaban J connectivity index is 1.65. The van der Waals surface area contributed by atoms with Crippen LogP contribution in [0, 0.1) is 24.5 Å². The predicted octanol–water partition coefficient (Wildman–Crippen LogP) is 4.64. The topological polar surface area (TPSA) is 63.2 Å². The fourth-order valence-corrected chi connectivity index (χ4v) is 2.97. The summed E-state index contributed by atoms with van der Waals surface area (Å²) < 4.78 is 28.4. The average Bonchev–Trinajstić information content (AvgIpc) is 3.52. The minimum absolute atomic E-state index is 0.0535. The molecule has 144 valence electrons. The lowest BCUT2D eigenvalue weighted by Crippen LogP contribution is -2.26. The number of nitrogens with one attached hydrogen (secondary N) is 2. The number of halogens is 2. The molecule has 2 aromatic carbocycles. The second-order valence-electron chi connectivity index (χ2n) is 6.91. The summed E-state index contributed by atoms with van der Waals surface area (Å²) in [5.41, 5.74) is 4.08. The molecule has 4 rings (SSSR count). The van der Waals surface area contributed by atoms with Gasteiger partial charge in [0.15, 0.2) is 11.6 Å². The van der Waals surface area contributed by atoms with E-state index in [4.69, 9.17) is 4.84 Å². The maximum Gasteiger partial charge on any atom is 0.277 e. The highest BCUT2D eigenvalue weighted by Crippen LogP contribution is 2.31. The highest BCUT2D eigenvalue weighted by atomic mass is 19.2. The maximum absolute atomic E-state index is 14.5. The number of carbonyl (C=O) groups excluding carboxylic acids is 1. The van der Waals surface area contributed by atoms with Gasteiger partial charge in [-0.15, -0.1) is 0 Å². The van der Waals surface area contributed by atoms with Crippen molar-refractivity contribution in [1.29, 1.82) is 0 Å². The van der Waals surface area contributed by atoms with Gasteiger partial charge in [-0.1, -0.05) is 18.2 Å². The van der Waals surface area contributed by atoms with Crippen molar-refractivity contribution in [2.45, 2.75) is 19.8 Å². The van der Waals surface area contributed by atoms with Gasteiger partial charge >= 0.3 is 0 Å². The van der Waals surface area contributed by atoms with E-state index < -0.39 is 17.5 Å². The van der Waals surface area contributed by atoms with E-state index in [1.54, 1.807) is 0 Å². The van der Waals surface area contributed by atoms with Crippen LogP contribution in [0.3, 0.4) is 0 Å². The molecule has 0 radical (unpaired) electrons. The van der Waals surface area contributed by atoms with Crippen molar-refractivity contribution >= 4 is 28.2 Å². The van der Waals surface area contributed by atoms with E-state index in [0.29, 0.717) is 18.2 Å².